The van der Waals surface area contributed by atoms with Gasteiger partial charge in [-0.1, -0.05) is 12.1 Å². The van der Waals surface area contributed by atoms with Gasteiger partial charge in [0.25, 0.3) is 0 Å². The first-order chi connectivity index (χ1) is 8.79. The van der Waals surface area contributed by atoms with Gasteiger partial charge < -0.3 is 15.6 Å². The van der Waals surface area contributed by atoms with E-state index in [1.807, 2.05) is 35.1 Å². The van der Waals surface area contributed by atoms with E-state index in [9.17, 15) is 0 Å². The fraction of sp³-hybridized carbons (Fsp3) is 0.308. The summed E-state index contributed by atoms with van der Waals surface area (Å²) in [7, 11) is 0. The zero-order valence-electron chi connectivity index (χ0n) is 10.1. The summed E-state index contributed by atoms with van der Waals surface area (Å²) >= 11 is 0. The molecule has 0 aliphatic heterocycles. The van der Waals surface area contributed by atoms with Crippen molar-refractivity contribution in [1.82, 2.24) is 9.78 Å². The van der Waals surface area contributed by atoms with E-state index in [1.165, 1.54) is 0 Å². The normalized spacial score (nSPS) is 10.7. The summed E-state index contributed by atoms with van der Waals surface area (Å²) in [4.78, 5) is 0. The number of nitrogens with zero attached hydrogens (tertiary/aromatic N) is 2. The van der Waals surface area contributed by atoms with E-state index in [2.05, 4.69) is 5.10 Å². The van der Waals surface area contributed by atoms with Crippen LogP contribution < -0.4 is 5.73 Å². The smallest absolute Gasteiger partial charge is 0.0698 e. The highest BCUT2D eigenvalue weighted by molar-refractivity contribution is 5.65. The monoisotopic (exact) mass is 247 g/mol. The van der Waals surface area contributed by atoms with Gasteiger partial charge in [-0.2, -0.15) is 5.10 Å². The molecule has 1 aromatic carbocycles. The lowest BCUT2D eigenvalue weighted by Crippen LogP contribution is -2.08. The first kappa shape index (κ1) is 12.6. The van der Waals surface area contributed by atoms with Gasteiger partial charge >= 0.3 is 0 Å². The lowest BCUT2D eigenvalue weighted by atomic mass is 10.1. The molecule has 2 rings (SSSR count). The summed E-state index contributed by atoms with van der Waals surface area (Å²) in [5.41, 5.74) is 8.57. The summed E-state index contributed by atoms with van der Waals surface area (Å²) in [5, 5.41) is 12.8. The third kappa shape index (κ3) is 3.32. The van der Waals surface area contributed by atoms with Gasteiger partial charge in [0.15, 0.2) is 0 Å². The molecular formula is C13H17N3O2. The number of nitrogens with two attached hydrogens (primary N) is 1. The largest absolute Gasteiger partial charge is 0.399 e. The summed E-state index contributed by atoms with van der Waals surface area (Å²) < 4.78 is 7.01. The summed E-state index contributed by atoms with van der Waals surface area (Å²) in [6.07, 6.45) is 3.76. The molecule has 0 bridgehead atoms. The summed E-state index contributed by atoms with van der Waals surface area (Å²) in [6, 6.07) is 7.70. The minimum Gasteiger partial charge on any atom is -0.399 e. The zero-order chi connectivity index (χ0) is 12.8. The van der Waals surface area contributed by atoms with Crippen molar-refractivity contribution in [3.63, 3.8) is 0 Å². The van der Waals surface area contributed by atoms with Crippen molar-refractivity contribution < 1.29 is 9.84 Å². The van der Waals surface area contributed by atoms with Crippen LogP contribution in [0, 0.1) is 0 Å². The molecule has 2 aromatic rings. The lowest BCUT2D eigenvalue weighted by Gasteiger charge is -2.02. The second-order valence-corrected chi connectivity index (χ2v) is 3.95. The molecule has 0 amide bonds. The van der Waals surface area contributed by atoms with E-state index in [0.29, 0.717) is 19.8 Å². The Morgan fingerprint density at radius 1 is 1.28 bits per heavy atom. The molecule has 0 atom stereocenters. The van der Waals surface area contributed by atoms with Crippen molar-refractivity contribution >= 4 is 5.69 Å². The highest BCUT2D eigenvalue weighted by Gasteiger charge is 2.02. The molecule has 5 nitrogen and oxygen atoms in total. The van der Waals surface area contributed by atoms with Crippen LogP contribution in [0.3, 0.4) is 0 Å². The molecule has 0 saturated carbocycles. The van der Waals surface area contributed by atoms with Crippen LogP contribution in [0.5, 0.6) is 0 Å². The van der Waals surface area contributed by atoms with Crippen LogP contribution in [-0.2, 0) is 11.3 Å². The van der Waals surface area contributed by atoms with Crippen LogP contribution in [0.15, 0.2) is 36.7 Å². The number of rotatable bonds is 6. The Bertz CT molecular complexity index is 496. The number of hydrogen-bond donors (Lipinski definition) is 2. The second-order valence-electron chi connectivity index (χ2n) is 3.95. The van der Waals surface area contributed by atoms with Gasteiger partial charge in [-0.25, -0.2) is 0 Å². The fourth-order valence-electron chi connectivity index (χ4n) is 1.68. The van der Waals surface area contributed by atoms with E-state index in [0.717, 1.165) is 16.8 Å². The maximum Gasteiger partial charge on any atom is 0.0698 e. The number of aliphatic hydroxyl groups is 1. The van der Waals surface area contributed by atoms with Gasteiger partial charge in [0.1, 0.15) is 0 Å². The topological polar surface area (TPSA) is 73.3 Å². The second kappa shape index (κ2) is 6.18. The summed E-state index contributed by atoms with van der Waals surface area (Å²) in [5.74, 6) is 0. The molecule has 0 aliphatic carbocycles. The van der Waals surface area contributed by atoms with E-state index < -0.39 is 0 Å². The SMILES string of the molecule is Nc1cccc(-c2cnn(CCOCCO)c2)c1. The van der Waals surface area contributed by atoms with Gasteiger partial charge in [-0.3, -0.25) is 4.68 Å². The van der Waals surface area contributed by atoms with Crippen LogP contribution in [0.25, 0.3) is 11.1 Å². The van der Waals surface area contributed by atoms with Crippen LogP contribution in [0.2, 0.25) is 0 Å². The fourth-order valence-corrected chi connectivity index (χ4v) is 1.68. The first-order valence-electron chi connectivity index (χ1n) is 5.86. The average Bonchev–Trinajstić information content (AvgIpc) is 2.83. The van der Waals surface area contributed by atoms with Crippen LogP contribution in [0.1, 0.15) is 0 Å². The number of anilines is 1. The number of aromatic nitrogens is 2. The zero-order valence-corrected chi connectivity index (χ0v) is 10.1. The number of benzene rings is 1. The molecule has 3 N–H and O–H groups in total. The predicted octanol–water partition coefficient (Wildman–Crippen LogP) is 1.14. The van der Waals surface area contributed by atoms with E-state index >= 15 is 0 Å². The summed E-state index contributed by atoms with van der Waals surface area (Å²) in [6.45, 7) is 1.62. The molecule has 1 aromatic heterocycles. The third-order valence-corrected chi connectivity index (χ3v) is 2.55. The molecule has 1 heterocycles. The number of ether oxygens (including phenoxy) is 1. The van der Waals surface area contributed by atoms with E-state index in [1.54, 1.807) is 6.20 Å². The maximum atomic E-state index is 8.58. The average molecular weight is 247 g/mol. The van der Waals surface area contributed by atoms with Crippen molar-refractivity contribution in [1.29, 1.82) is 0 Å². The Morgan fingerprint density at radius 3 is 2.94 bits per heavy atom. The molecule has 0 unspecified atom stereocenters. The van der Waals surface area contributed by atoms with Gasteiger partial charge in [0.2, 0.25) is 0 Å². The molecule has 18 heavy (non-hydrogen) atoms. The molecule has 0 spiro atoms. The van der Waals surface area contributed by atoms with Gasteiger partial charge in [0, 0.05) is 17.4 Å². The number of aliphatic hydroxyl groups excluding tert-OH is 1. The van der Waals surface area contributed by atoms with Crippen LogP contribution in [-0.4, -0.2) is 34.7 Å². The predicted molar refractivity (Wildman–Crippen MR) is 70.0 cm³/mol. The van der Waals surface area contributed by atoms with Gasteiger partial charge in [-0.05, 0) is 17.7 Å². The van der Waals surface area contributed by atoms with E-state index in [4.69, 9.17) is 15.6 Å². The van der Waals surface area contributed by atoms with Crippen molar-refractivity contribution in [2.24, 2.45) is 0 Å². The Morgan fingerprint density at radius 2 is 2.17 bits per heavy atom. The van der Waals surface area contributed by atoms with Crippen molar-refractivity contribution in [2.45, 2.75) is 6.54 Å². The molecule has 5 heteroatoms. The van der Waals surface area contributed by atoms with Crippen molar-refractivity contribution in [3.05, 3.63) is 36.7 Å². The molecule has 0 radical (unpaired) electrons. The minimum absolute atomic E-state index is 0.0493. The Kier molecular flexibility index (Phi) is 4.33. The van der Waals surface area contributed by atoms with Gasteiger partial charge in [0.05, 0.1) is 32.6 Å². The highest BCUT2D eigenvalue weighted by Crippen LogP contribution is 2.20. The number of nitrogen functional groups attached to an aromatic ring is 1. The molecule has 0 saturated heterocycles. The van der Waals surface area contributed by atoms with Gasteiger partial charge in [-0.15, -0.1) is 0 Å². The third-order valence-electron chi connectivity index (χ3n) is 2.55. The maximum absolute atomic E-state index is 8.58. The molecule has 0 fully saturated rings. The standard InChI is InChI=1S/C13H17N3O2/c14-13-3-1-2-11(8-13)12-9-15-16(10-12)4-6-18-7-5-17/h1-3,8-10,17H,4-7,14H2. The quantitative estimate of drug-likeness (QED) is 0.593. The van der Waals surface area contributed by atoms with Crippen molar-refractivity contribution in [2.75, 3.05) is 25.6 Å². The minimum atomic E-state index is 0.0493. The van der Waals surface area contributed by atoms with E-state index in [-0.39, 0.29) is 6.61 Å². The Hall–Kier alpha value is -1.85. The van der Waals surface area contributed by atoms with Crippen LogP contribution in [0.4, 0.5) is 5.69 Å². The van der Waals surface area contributed by atoms with Crippen LogP contribution >= 0.6 is 0 Å². The molecular weight excluding hydrogens is 230 g/mol. The Balaban J connectivity index is 1.97. The first-order valence-corrected chi connectivity index (χ1v) is 5.86. The van der Waals surface area contributed by atoms with Crippen molar-refractivity contribution in [3.8, 4) is 11.1 Å². The highest BCUT2D eigenvalue weighted by atomic mass is 16.5. The lowest BCUT2D eigenvalue weighted by molar-refractivity contribution is 0.0854. The molecule has 96 valence electrons. The Labute approximate surface area is 106 Å². The number of hydrogen-bond acceptors (Lipinski definition) is 4. The molecule has 0 aliphatic rings.